The summed E-state index contributed by atoms with van der Waals surface area (Å²) in [5.74, 6) is 0.653. The summed E-state index contributed by atoms with van der Waals surface area (Å²) < 4.78 is 5.75. The monoisotopic (exact) mass is 351 g/mol. The minimum absolute atomic E-state index is 0.00224. The van der Waals surface area contributed by atoms with E-state index in [4.69, 9.17) is 4.74 Å². The zero-order valence-electron chi connectivity index (χ0n) is 13.8. The van der Waals surface area contributed by atoms with Gasteiger partial charge in [0.25, 0.3) is 0 Å². The number of nitrogens with zero attached hydrogens (tertiary/aromatic N) is 3. The van der Waals surface area contributed by atoms with E-state index in [-0.39, 0.29) is 12.2 Å². The fourth-order valence-electron chi connectivity index (χ4n) is 2.25. The highest BCUT2D eigenvalue weighted by Gasteiger charge is 2.10. The molecule has 0 atom stereocenters. The molecule has 0 bridgehead atoms. The molecule has 0 aliphatic heterocycles. The van der Waals surface area contributed by atoms with E-state index in [1.54, 1.807) is 36.8 Å². The number of hydrogen-bond acceptors (Lipinski definition) is 6. The first-order valence-electron chi connectivity index (χ1n) is 7.75. The zero-order chi connectivity index (χ0) is 17.5. The Morgan fingerprint density at radius 1 is 1.16 bits per heavy atom. The maximum absolute atomic E-state index is 12.5. The van der Waals surface area contributed by atoms with Crippen LogP contribution < -0.4 is 4.74 Å². The molecule has 5 nitrogen and oxygen atoms in total. The molecular weight excluding hydrogens is 334 g/mol. The predicted molar refractivity (Wildman–Crippen MR) is 96.9 cm³/mol. The Labute approximate surface area is 150 Å². The van der Waals surface area contributed by atoms with Crippen molar-refractivity contribution in [3.8, 4) is 5.75 Å². The van der Waals surface area contributed by atoms with Crippen LogP contribution in [0.1, 0.15) is 21.6 Å². The number of carbonyl (C=O) groups excluding carboxylic acids is 1. The number of ketones is 1. The minimum atomic E-state index is -0.00224. The Morgan fingerprint density at radius 3 is 2.88 bits per heavy atom. The Hall–Kier alpha value is -2.73. The number of ether oxygens (including phenoxy) is 1. The van der Waals surface area contributed by atoms with E-state index < -0.39 is 0 Å². The highest BCUT2D eigenvalue weighted by atomic mass is 32.2. The molecule has 0 saturated heterocycles. The van der Waals surface area contributed by atoms with Crippen LogP contribution in [0.25, 0.3) is 0 Å². The van der Waals surface area contributed by atoms with Crippen molar-refractivity contribution in [3.05, 3.63) is 77.9 Å². The standard InChI is InChI=1S/C19H17N3O2S/c1-25-19-21-9-7-16(22-19)11-18(23)15-5-2-6-17(10-15)24-13-14-4-3-8-20-12-14/h2-10,12H,11,13H2,1H3. The number of thioether (sulfide) groups is 1. The molecule has 0 aliphatic carbocycles. The van der Waals surface area contributed by atoms with E-state index in [0.717, 1.165) is 5.56 Å². The number of aromatic nitrogens is 3. The smallest absolute Gasteiger partial charge is 0.187 e. The van der Waals surface area contributed by atoms with Crippen molar-refractivity contribution in [2.45, 2.75) is 18.2 Å². The number of Topliss-reactive ketones (excluding diaryl/α,β-unsaturated/α-hetero) is 1. The normalized spacial score (nSPS) is 10.4. The molecule has 126 valence electrons. The van der Waals surface area contributed by atoms with Crippen LogP contribution in [0.5, 0.6) is 5.75 Å². The van der Waals surface area contributed by atoms with Crippen LogP contribution in [-0.4, -0.2) is 27.0 Å². The maximum Gasteiger partial charge on any atom is 0.187 e. The van der Waals surface area contributed by atoms with Crippen molar-refractivity contribution in [1.29, 1.82) is 0 Å². The predicted octanol–water partition coefficient (Wildman–Crippen LogP) is 3.60. The second-order valence-corrected chi connectivity index (χ2v) is 6.09. The van der Waals surface area contributed by atoms with Gasteiger partial charge in [0.15, 0.2) is 10.9 Å². The summed E-state index contributed by atoms with van der Waals surface area (Å²) in [7, 11) is 0. The SMILES string of the molecule is CSc1nccc(CC(=O)c2cccc(OCc3cccnc3)c2)n1. The van der Waals surface area contributed by atoms with Gasteiger partial charge in [-0.15, -0.1) is 0 Å². The molecule has 0 saturated carbocycles. The molecule has 2 aromatic heterocycles. The van der Waals surface area contributed by atoms with Crippen LogP contribution in [0.2, 0.25) is 0 Å². The third kappa shape index (κ3) is 4.87. The average Bonchev–Trinajstić information content (AvgIpc) is 2.67. The first-order valence-corrected chi connectivity index (χ1v) is 8.98. The van der Waals surface area contributed by atoms with Crippen LogP contribution >= 0.6 is 11.8 Å². The molecule has 0 spiro atoms. The van der Waals surface area contributed by atoms with E-state index in [9.17, 15) is 4.79 Å². The Balaban J connectivity index is 1.66. The molecule has 6 heteroatoms. The van der Waals surface area contributed by atoms with Gasteiger partial charge >= 0.3 is 0 Å². The van der Waals surface area contributed by atoms with Crippen molar-refractivity contribution in [1.82, 2.24) is 15.0 Å². The minimum Gasteiger partial charge on any atom is -0.489 e. The molecule has 1 aromatic carbocycles. The first kappa shape index (κ1) is 17.1. The number of pyridine rings is 1. The molecule has 0 radical (unpaired) electrons. The zero-order valence-corrected chi connectivity index (χ0v) is 14.6. The summed E-state index contributed by atoms with van der Waals surface area (Å²) in [6.07, 6.45) is 7.30. The number of carbonyl (C=O) groups is 1. The van der Waals surface area contributed by atoms with Crippen LogP contribution in [0.3, 0.4) is 0 Å². The first-order chi connectivity index (χ1) is 12.2. The highest BCUT2D eigenvalue weighted by molar-refractivity contribution is 7.98. The van der Waals surface area contributed by atoms with Gasteiger partial charge in [-0.25, -0.2) is 9.97 Å². The van der Waals surface area contributed by atoms with E-state index in [1.165, 1.54) is 11.8 Å². The average molecular weight is 351 g/mol. The second kappa shape index (κ2) is 8.39. The topological polar surface area (TPSA) is 65.0 Å². The van der Waals surface area contributed by atoms with Gasteiger partial charge in [-0.2, -0.15) is 0 Å². The summed E-state index contributed by atoms with van der Waals surface area (Å²) in [6.45, 7) is 0.411. The van der Waals surface area contributed by atoms with Gasteiger partial charge in [0.2, 0.25) is 0 Å². The van der Waals surface area contributed by atoms with Gasteiger partial charge in [0, 0.05) is 29.7 Å². The van der Waals surface area contributed by atoms with Crippen LogP contribution in [0.4, 0.5) is 0 Å². The third-order valence-corrected chi connectivity index (χ3v) is 4.06. The molecule has 3 aromatic rings. The lowest BCUT2D eigenvalue weighted by Crippen LogP contribution is -2.06. The van der Waals surface area contributed by atoms with Gasteiger partial charge in [0.05, 0.1) is 12.1 Å². The lowest BCUT2D eigenvalue weighted by atomic mass is 10.1. The maximum atomic E-state index is 12.5. The number of hydrogen-bond donors (Lipinski definition) is 0. The van der Waals surface area contributed by atoms with E-state index in [1.807, 2.05) is 30.5 Å². The Kier molecular flexibility index (Phi) is 5.74. The summed E-state index contributed by atoms with van der Waals surface area (Å²) in [6, 6.07) is 12.8. The summed E-state index contributed by atoms with van der Waals surface area (Å²) >= 11 is 1.45. The molecule has 0 unspecified atom stereocenters. The summed E-state index contributed by atoms with van der Waals surface area (Å²) in [4.78, 5) is 25.0. The van der Waals surface area contributed by atoms with Crippen molar-refractivity contribution in [3.63, 3.8) is 0 Å². The molecule has 0 N–H and O–H groups in total. The molecule has 0 amide bonds. The van der Waals surface area contributed by atoms with E-state index in [0.29, 0.717) is 28.8 Å². The fourth-order valence-corrected chi connectivity index (χ4v) is 2.62. The Bertz CT molecular complexity index is 856. The van der Waals surface area contributed by atoms with Crippen molar-refractivity contribution in [2.75, 3.05) is 6.26 Å². The van der Waals surface area contributed by atoms with Crippen LogP contribution in [-0.2, 0) is 13.0 Å². The van der Waals surface area contributed by atoms with E-state index >= 15 is 0 Å². The lowest BCUT2D eigenvalue weighted by molar-refractivity contribution is 0.0991. The molecule has 3 rings (SSSR count). The summed E-state index contributed by atoms with van der Waals surface area (Å²) in [5.41, 5.74) is 2.30. The fraction of sp³-hybridized carbons (Fsp3) is 0.158. The van der Waals surface area contributed by atoms with Gasteiger partial charge in [-0.05, 0) is 30.5 Å². The molecule has 25 heavy (non-hydrogen) atoms. The molecule has 0 aliphatic rings. The quantitative estimate of drug-likeness (QED) is 0.368. The lowest BCUT2D eigenvalue weighted by Gasteiger charge is -2.08. The molecular formula is C19H17N3O2S. The molecule has 0 fully saturated rings. The van der Waals surface area contributed by atoms with Crippen LogP contribution in [0.15, 0.2) is 66.2 Å². The second-order valence-electron chi connectivity index (χ2n) is 5.31. The molecule has 2 heterocycles. The van der Waals surface area contributed by atoms with Gasteiger partial charge in [0.1, 0.15) is 12.4 Å². The summed E-state index contributed by atoms with van der Waals surface area (Å²) in [5, 5.41) is 0.666. The van der Waals surface area contributed by atoms with Crippen LogP contribution in [0, 0.1) is 0 Å². The number of benzene rings is 1. The highest BCUT2D eigenvalue weighted by Crippen LogP contribution is 2.17. The van der Waals surface area contributed by atoms with Crippen molar-refractivity contribution in [2.24, 2.45) is 0 Å². The van der Waals surface area contributed by atoms with E-state index in [2.05, 4.69) is 15.0 Å². The largest absolute Gasteiger partial charge is 0.489 e. The van der Waals surface area contributed by atoms with Crippen molar-refractivity contribution < 1.29 is 9.53 Å². The van der Waals surface area contributed by atoms with Gasteiger partial charge < -0.3 is 4.74 Å². The Morgan fingerprint density at radius 2 is 2.08 bits per heavy atom. The number of rotatable bonds is 7. The van der Waals surface area contributed by atoms with Crippen molar-refractivity contribution >= 4 is 17.5 Å². The van der Waals surface area contributed by atoms with Gasteiger partial charge in [-0.3, -0.25) is 9.78 Å². The van der Waals surface area contributed by atoms with Gasteiger partial charge in [-0.1, -0.05) is 30.0 Å². The third-order valence-electron chi connectivity index (χ3n) is 3.50.